The Kier molecular flexibility index (Phi) is 6.03. The third-order valence-electron chi connectivity index (χ3n) is 4.11. The van der Waals surface area contributed by atoms with E-state index in [1.165, 1.54) is 4.90 Å². The van der Waals surface area contributed by atoms with Crippen LogP contribution in [0.15, 0.2) is 30.9 Å². The molecular formula is C17H21F2N3O2. The number of halogens is 2. The maximum Gasteiger partial charge on any atom is 0.256 e. The lowest BCUT2D eigenvalue weighted by atomic mass is 10.1. The summed E-state index contributed by atoms with van der Waals surface area (Å²) in [5.41, 5.74) is -0.137. The summed E-state index contributed by atoms with van der Waals surface area (Å²) in [5.74, 6) is -2.14. The Morgan fingerprint density at radius 2 is 1.96 bits per heavy atom. The van der Waals surface area contributed by atoms with Crippen molar-refractivity contribution in [3.63, 3.8) is 0 Å². The van der Waals surface area contributed by atoms with Crippen molar-refractivity contribution in [3.8, 4) is 0 Å². The summed E-state index contributed by atoms with van der Waals surface area (Å²) in [7, 11) is 0. The van der Waals surface area contributed by atoms with Crippen molar-refractivity contribution in [2.45, 2.75) is 13.0 Å². The fraction of sp³-hybridized carbons (Fsp3) is 0.412. The lowest BCUT2D eigenvalue weighted by Crippen LogP contribution is -2.55. The van der Waals surface area contributed by atoms with Crippen LogP contribution in [0.3, 0.4) is 0 Å². The van der Waals surface area contributed by atoms with Crippen LogP contribution in [0, 0.1) is 11.6 Å². The summed E-state index contributed by atoms with van der Waals surface area (Å²) in [5, 5.41) is 2.74. The Morgan fingerprint density at radius 1 is 1.29 bits per heavy atom. The Bertz CT molecular complexity index is 628. The van der Waals surface area contributed by atoms with Crippen LogP contribution in [0.5, 0.6) is 0 Å². The Morgan fingerprint density at radius 3 is 2.54 bits per heavy atom. The molecule has 1 fully saturated rings. The van der Waals surface area contributed by atoms with Crippen LogP contribution >= 0.6 is 0 Å². The summed E-state index contributed by atoms with van der Waals surface area (Å²) in [4.78, 5) is 27.8. The van der Waals surface area contributed by atoms with Gasteiger partial charge in [0.15, 0.2) is 0 Å². The van der Waals surface area contributed by atoms with E-state index in [1.807, 2.05) is 4.90 Å². The molecule has 1 aliphatic rings. The summed E-state index contributed by atoms with van der Waals surface area (Å²) in [6, 6.07) is 2.61. The normalized spacial score (nSPS) is 16.5. The van der Waals surface area contributed by atoms with Gasteiger partial charge in [-0.15, -0.1) is 6.58 Å². The molecule has 0 saturated carbocycles. The minimum Gasteiger partial charge on any atom is -0.351 e. The molecular weight excluding hydrogens is 316 g/mol. The molecule has 7 heteroatoms. The molecule has 1 unspecified atom stereocenters. The maximum atomic E-state index is 13.7. The zero-order valence-electron chi connectivity index (χ0n) is 13.6. The van der Waals surface area contributed by atoms with E-state index in [1.54, 1.807) is 13.0 Å². The second-order valence-electron chi connectivity index (χ2n) is 5.66. The number of benzene rings is 1. The number of amides is 2. The highest BCUT2D eigenvalue weighted by molar-refractivity contribution is 5.94. The van der Waals surface area contributed by atoms with Crippen molar-refractivity contribution in [2.24, 2.45) is 0 Å². The molecule has 0 radical (unpaired) electrons. The standard InChI is InChI=1S/C17H21F2N3O2/c1-3-6-20-16(23)12(2)21-7-9-22(10-8-21)17(24)14-5-4-13(18)11-15(14)19/h3-5,11-12H,1,6-10H2,2H3,(H,20,23). The molecule has 2 amide bonds. The Hall–Kier alpha value is -2.28. The number of carbonyl (C=O) groups is 2. The molecule has 2 rings (SSSR count). The molecule has 0 aromatic heterocycles. The van der Waals surface area contributed by atoms with Gasteiger partial charge in [-0.2, -0.15) is 0 Å². The van der Waals surface area contributed by atoms with Crippen LogP contribution in [-0.2, 0) is 4.79 Å². The van der Waals surface area contributed by atoms with Gasteiger partial charge in [0.05, 0.1) is 11.6 Å². The number of rotatable bonds is 5. The summed E-state index contributed by atoms with van der Waals surface area (Å²) in [6.07, 6.45) is 1.61. The lowest BCUT2D eigenvalue weighted by Gasteiger charge is -2.37. The lowest BCUT2D eigenvalue weighted by molar-refractivity contribution is -0.126. The van der Waals surface area contributed by atoms with Gasteiger partial charge in [-0.3, -0.25) is 14.5 Å². The quantitative estimate of drug-likeness (QED) is 0.827. The van der Waals surface area contributed by atoms with Gasteiger partial charge in [0.2, 0.25) is 5.91 Å². The highest BCUT2D eigenvalue weighted by Gasteiger charge is 2.28. The van der Waals surface area contributed by atoms with E-state index in [-0.39, 0.29) is 17.5 Å². The van der Waals surface area contributed by atoms with E-state index in [0.29, 0.717) is 38.8 Å². The van der Waals surface area contributed by atoms with E-state index in [0.717, 1.165) is 12.1 Å². The largest absolute Gasteiger partial charge is 0.351 e. The second kappa shape index (κ2) is 8.01. The van der Waals surface area contributed by atoms with Crippen molar-refractivity contribution >= 4 is 11.8 Å². The first-order valence-corrected chi connectivity index (χ1v) is 7.81. The van der Waals surface area contributed by atoms with Crippen molar-refractivity contribution < 1.29 is 18.4 Å². The minimum absolute atomic E-state index is 0.0979. The molecule has 130 valence electrons. The van der Waals surface area contributed by atoms with Gasteiger partial charge < -0.3 is 10.2 Å². The summed E-state index contributed by atoms with van der Waals surface area (Å²) in [6.45, 7) is 7.55. The van der Waals surface area contributed by atoms with Crippen LogP contribution in [0.2, 0.25) is 0 Å². The minimum atomic E-state index is -0.861. The smallest absolute Gasteiger partial charge is 0.256 e. The topological polar surface area (TPSA) is 52.7 Å². The SMILES string of the molecule is C=CCNC(=O)C(C)N1CCN(C(=O)c2ccc(F)cc2F)CC1. The molecule has 0 bridgehead atoms. The highest BCUT2D eigenvalue weighted by Crippen LogP contribution is 2.15. The van der Waals surface area contributed by atoms with Gasteiger partial charge in [-0.1, -0.05) is 6.08 Å². The molecule has 1 atom stereocenters. The fourth-order valence-electron chi connectivity index (χ4n) is 2.63. The van der Waals surface area contributed by atoms with Gasteiger partial charge in [0, 0.05) is 38.8 Å². The predicted octanol–water partition coefficient (Wildman–Crippen LogP) is 1.41. The van der Waals surface area contributed by atoms with Crippen LogP contribution in [0.4, 0.5) is 8.78 Å². The molecule has 24 heavy (non-hydrogen) atoms. The van der Waals surface area contributed by atoms with Gasteiger partial charge in [0.1, 0.15) is 11.6 Å². The van der Waals surface area contributed by atoms with Crippen molar-refractivity contribution in [3.05, 3.63) is 48.1 Å². The maximum absolute atomic E-state index is 13.7. The summed E-state index contributed by atoms with van der Waals surface area (Å²) >= 11 is 0. The van der Waals surface area contributed by atoms with Gasteiger partial charge >= 0.3 is 0 Å². The first kappa shape index (κ1) is 18.1. The fourth-order valence-corrected chi connectivity index (χ4v) is 2.63. The molecule has 0 spiro atoms. The van der Waals surface area contributed by atoms with Crippen LogP contribution in [0.25, 0.3) is 0 Å². The van der Waals surface area contributed by atoms with E-state index in [9.17, 15) is 18.4 Å². The Labute approximate surface area is 139 Å². The molecule has 1 heterocycles. The average Bonchev–Trinajstić information content (AvgIpc) is 2.58. The zero-order valence-corrected chi connectivity index (χ0v) is 13.6. The summed E-state index contributed by atoms with van der Waals surface area (Å²) < 4.78 is 26.7. The van der Waals surface area contributed by atoms with Gasteiger partial charge in [-0.25, -0.2) is 8.78 Å². The van der Waals surface area contributed by atoms with E-state index >= 15 is 0 Å². The number of nitrogens with one attached hydrogen (secondary N) is 1. The van der Waals surface area contributed by atoms with Gasteiger partial charge in [0.25, 0.3) is 5.91 Å². The van der Waals surface area contributed by atoms with Crippen molar-refractivity contribution in [2.75, 3.05) is 32.7 Å². The van der Waals surface area contributed by atoms with E-state index < -0.39 is 17.5 Å². The number of carbonyl (C=O) groups excluding carboxylic acids is 2. The number of hydrogen-bond acceptors (Lipinski definition) is 3. The third-order valence-corrected chi connectivity index (χ3v) is 4.11. The molecule has 5 nitrogen and oxygen atoms in total. The molecule has 1 aliphatic heterocycles. The molecule has 1 aromatic rings. The second-order valence-corrected chi connectivity index (χ2v) is 5.66. The van der Waals surface area contributed by atoms with Gasteiger partial charge in [-0.05, 0) is 19.1 Å². The van der Waals surface area contributed by atoms with Crippen molar-refractivity contribution in [1.82, 2.24) is 15.1 Å². The number of hydrogen-bond donors (Lipinski definition) is 1. The molecule has 1 saturated heterocycles. The molecule has 1 N–H and O–H groups in total. The van der Waals surface area contributed by atoms with E-state index in [2.05, 4.69) is 11.9 Å². The zero-order chi connectivity index (χ0) is 17.7. The first-order valence-electron chi connectivity index (χ1n) is 7.81. The highest BCUT2D eigenvalue weighted by atomic mass is 19.1. The van der Waals surface area contributed by atoms with Crippen LogP contribution < -0.4 is 5.32 Å². The number of nitrogens with zero attached hydrogens (tertiary/aromatic N) is 2. The average molecular weight is 337 g/mol. The third kappa shape index (κ3) is 4.17. The predicted molar refractivity (Wildman–Crippen MR) is 86.5 cm³/mol. The van der Waals surface area contributed by atoms with E-state index in [4.69, 9.17) is 0 Å². The number of piperazine rings is 1. The van der Waals surface area contributed by atoms with Crippen LogP contribution in [0.1, 0.15) is 17.3 Å². The first-order chi connectivity index (χ1) is 11.4. The monoisotopic (exact) mass is 337 g/mol. The van der Waals surface area contributed by atoms with Crippen molar-refractivity contribution in [1.29, 1.82) is 0 Å². The Balaban J connectivity index is 1.93. The van der Waals surface area contributed by atoms with Crippen LogP contribution in [-0.4, -0.2) is 60.4 Å². The molecule has 0 aliphatic carbocycles. The molecule has 1 aromatic carbocycles.